The first-order chi connectivity index (χ1) is 16.7. The number of hydrogen-bond donors (Lipinski definition) is 0. The predicted molar refractivity (Wildman–Crippen MR) is 135 cm³/mol. The van der Waals surface area contributed by atoms with Crippen LogP contribution in [0.3, 0.4) is 0 Å². The fourth-order valence-electron chi connectivity index (χ4n) is 4.08. The van der Waals surface area contributed by atoms with E-state index >= 15 is 0 Å². The minimum absolute atomic E-state index is 0.0570. The molecule has 188 valence electrons. The normalized spacial score (nSPS) is 15.4. The van der Waals surface area contributed by atoms with Gasteiger partial charge < -0.3 is 18.5 Å². The largest absolute Gasteiger partial charge is 0.486 e. The maximum absolute atomic E-state index is 13.1. The number of benzene rings is 1. The van der Waals surface area contributed by atoms with E-state index in [0.717, 1.165) is 36.9 Å². The summed E-state index contributed by atoms with van der Waals surface area (Å²) in [5, 5.41) is 0. The number of carbonyl (C=O) groups excluding carboxylic acids is 1. The lowest BCUT2D eigenvalue weighted by molar-refractivity contribution is 0.0724. The van der Waals surface area contributed by atoms with E-state index < -0.39 is 0 Å². The standard InChI is InChI=1S/C28H37N3O4/c1-20(2)21-7-9-22(10-8-21)33-19-23-11-12-24(34-23)27(32)31-14-6-13-30(15-16-31)18-26-29-17-25(35-26)28(3,4)5/h7-12,17,20H,6,13-16,18-19H2,1-5H3. The van der Waals surface area contributed by atoms with E-state index in [-0.39, 0.29) is 17.9 Å². The Labute approximate surface area is 208 Å². The second-order valence-corrected chi connectivity index (χ2v) is 10.6. The molecule has 0 spiro atoms. The number of hydrogen-bond acceptors (Lipinski definition) is 6. The van der Waals surface area contributed by atoms with E-state index in [0.29, 0.717) is 37.1 Å². The molecule has 1 aromatic carbocycles. The van der Waals surface area contributed by atoms with Gasteiger partial charge in [-0.1, -0.05) is 46.8 Å². The molecule has 0 bridgehead atoms. The van der Waals surface area contributed by atoms with Gasteiger partial charge in [-0.2, -0.15) is 0 Å². The first kappa shape index (κ1) is 25.0. The molecule has 0 radical (unpaired) electrons. The van der Waals surface area contributed by atoms with Crippen LogP contribution in [-0.4, -0.2) is 46.9 Å². The summed E-state index contributed by atoms with van der Waals surface area (Å²) in [6, 6.07) is 11.6. The van der Waals surface area contributed by atoms with Crippen molar-refractivity contribution in [3.8, 4) is 5.75 Å². The highest BCUT2D eigenvalue weighted by molar-refractivity contribution is 5.91. The highest BCUT2D eigenvalue weighted by Gasteiger charge is 2.24. The van der Waals surface area contributed by atoms with Gasteiger partial charge in [-0.25, -0.2) is 4.98 Å². The van der Waals surface area contributed by atoms with Gasteiger partial charge in [0.1, 0.15) is 23.9 Å². The summed E-state index contributed by atoms with van der Waals surface area (Å²) in [6.45, 7) is 14.6. The number of ether oxygens (including phenoxy) is 1. The average molecular weight is 480 g/mol. The third-order valence-electron chi connectivity index (χ3n) is 6.33. The number of oxazole rings is 1. The van der Waals surface area contributed by atoms with Gasteiger partial charge in [0.15, 0.2) is 5.76 Å². The number of nitrogens with zero attached hydrogens (tertiary/aromatic N) is 3. The molecule has 7 nitrogen and oxygen atoms in total. The number of amides is 1. The number of rotatable bonds is 7. The predicted octanol–water partition coefficient (Wildman–Crippen LogP) is 5.62. The minimum atomic E-state index is -0.0782. The zero-order valence-corrected chi connectivity index (χ0v) is 21.5. The van der Waals surface area contributed by atoms with Crippen molar-refractivity contribution in [1.29, 1.82) is 0 Å². The Bertz CT molecular complexity index is 1110. The van der Waals surface area contributed by atoms with Crippen LogP contribution in [0.5, 0.6) is 5.75 Å². The quantitative estimate of drug-likeness (QED) is 0.438. The summed E-state index contributed by atoms with van der Waals surface area (Å²) >= 11 is 0. The summed E-state index contributed by atoms with van der Waals surface area (Å²) in [7, 11) is 0. The summed E-state index contributed by atoms with van der Waals surface area (Å²) in [6.07, 6.45) is 2.71. The molecule has 1 fully saturated rings. The third-order valence-corrected chi connectivity index (χ3v) is 6.33. The van der Waals surface area contributed by atoms with Crippen LogP contribution in [-0.2, 0) is 18.6 Å². The van der Waals surface area contributed by atoms with Gasteiger partial charge in [0.2, 0.25) is 5.89 Å². The van der Waals surface area contributed by atoms with Crippen molar-refractivity contribution in [2.24, 2.45) is 0 Å². The van der Waals surface area contributed by atoms with Gasteiger partial charge >= 0.3 is 0 Å². The summed E-state index contributed by atoms with van der Waals surface area (Å²) < 4.78 is 17.6. The number of carbonyl (C=O) groups is 1. The molecule has 0 unspecified atom stereocenters. The molecule has 1 amide bonds. The molecule has 0 aliphatic carbocycles. The van der Waals surface area contributed by atoms with Crippen LogP contribution in [0.4, 0.5) is 0 Å². The molecule has 0 N–H and O–H groups in total. The second-order valence-electron chi connectivity index (χ2n) is 10.6. The van der Waals surface area contributed by atoms with E-state index in [1.807, 2.05) is 29.3 Å². The lowest BCUT2D eigenvalue weighted by Crippen LogP contribution is -2.35. The maximum atomic E-state index is 13.1. The molecular weight excluding hydrogens is 442 g/mol. The Morgan fingerprint density at radius 2 is 1.80 bits per heavy atom. The van der Waals surface area contributed by atoms with E-state index in [2.05, 4.69) is 56.6 Å². The summed E-state index contributed by atoms with van der Waals surface area (Å²) in [5.41, 5.74) is 1.22. The van der Waals surface area contributed by atoms with E-state index in [4.69, 9.17) is 13.6 Å². The molecule has 2 aromatic heterocycles. The molecular formula is C28H37N3O4. The Balaban J connectivity index is 1.28. The molecule has 3 aromatic rings. The summed E-state index contributed by atoms with van der Waals surface area (Å²) in [5.74, 6) is 3.80. The fourth-order valence-corrected chi connectivity index (χ4v) is 4.08. The lowest BCUT2D eigenvalue weighted by atomic mass is 9.94. The third kappa shape index (κ3) is 6.54. The monoisotopic (exact) mass is 479 g/mol. The molecule has 35 heavy (non-hydrogen) atoms. The molecule has 1 aliphatic heterocycles. The Morgan fingerprint density at radius 3 is 2.49 bits per heavy atom. The van der Waals surface area contributed by atoms with Crippen molar-refractivity contribution in [1.82, 2.24) is 14.8 Å². The molecule has 4 rings (SSSR count). The van der Waals surface area contributed by atoms with Crippen LogP contribution in [0.15, 0.2) is 51.4 Å². The average Bonchev–Trinajstić information content (AvgIpc) is 3.43. The SMILES string of the molecule is CC(C)c1ccc(OCc2ccc(C(=O)N3CCCN(Cc4ncc(C(C)(C)C)o4)CC3)o2)cc1. The Kier molecular flexibility index (Phi) is 7.65. The van der Waals surface area contributed by atoms with E-state index in [9.17, 15) is 4.79 Å². The van der Waals surface area contributed by atoms with E-state index in [1.54, 1.807) is 6.07 Å². The van der Waals surface area contributed by atoms with Crippen molar-refractivity contribution in [3.05, 3.63) is 71.3 Å². The Hall–Kier alpha value is -3.06. The molecule has 7 heteroatoms. The lowest BCUT2D eigenvalue weighted by Gasteiger charge is -2.20. The smallest absolute Gasteiger partial charge is 0.289 e. The van der Waals surface area contributed by atoms with Crippen LogP contribution >= 0.6 is 0 Å². The van der Waals surface area contributed by atoms with Gasteiger partial charge in [-0.15, -0.1) is 0 Å². The van der Waals surface area contributed by atoms with Crippen LogP contribution in [0.1, 0.15) is 80.5 Å². The van der Waals surface area contributed by atoms with Crippen LogP contribution in [0.2, 0.25) is 0 Å². The van der Waals surface area contributed by atoms with Crippen molar-refractivity contribution in [2.75, 3.05) is 26.2 Å². The van der Waals surface area contributed by atoms with Crippen LogP contribution in [0, 0.1) is 0 Å². The van der Waals surface area contributed by atoms with Gasteiger partial charge in [0, 0.05) is 31.6 Å². The van der Waals surface area contributed by atoms with Crippen LogP contribution < -0.4 is 4.74 Å². The van der Waals surface area contributed by atoms with Crippen molar-refractivity contribution in [3.63, 3.8) is 0 Å². The molecule has 1 aliphatic rings. The number of furan rings is 1. The van der Waals surface area contributed by atoms with Gasteiger partial charge in [0.05, 0.1) is 12.7 Å². The van der Waals surface area contributed by atoms with Crippen molar-refractivity contribution in [2.45, 2.75) is 65.5 Å². The van der Waals surface area contributed by atoms with Gasteiger partial charge in [0.25, 0.3) is 5.91 Å². The maximum Gasteiger partial charge on any atom is 0.289 e. The highest BCUT2D eigenvalue weighted by Crippen LogP contribution is 2.24. The van der Waals surface area contributed by atoms with Crippen molar-refractivity contribution < 1.29 is 18.4 Å². The van der Waals surface area contributed by atoms with Gasteiger partial charge in [-0.05, 0) is 42.2 Å². The zero-order valence-electron chi connectivity index (χ0n) is 21.5. The van der Waals surface area contributed by atoms with E-state index in [1.165, 1.54) is 5.56 Å². The Morgan fingerprint density at radius 1 is 1.03 bits per heavy atom. The molecule has 1 saturated heterocycles. The first-order valence-corrected chi connectivity index (χ1v) is 12.5. The van der Waals surface area contributed by atoms with Crippen molar-refractivity contribution >= 4 is 5.91 Å². The second kappa shape index (κ2) is 10.7. The zero-order chi connectivity index (χ0) is 25.0. The minimum Gasteiger partial charge on any atom is -0.486 e. The molecule has 0 atom stereocenters. The number of aromatic nitrogens is 1. The molecule has 3 heterocycles. The first-order valence-electron chi connectivity index (χ1n) is 12.5. The summed E-state index contributed by atoms with van der Waals surface area (Å²) in [4.78, 5) is 21.7. The van der Waals surface area contributed by atoms with Crippen LogP contribution in [0.25, 0.3) is 0 Å². The highest BCUT2D eigenvalue weighted by atomic mass is 16.5. The molecule has 0 saturated carbocycles. The topological polar surface area (TPSA) is 72.0 Å². The fraction of sp³-hybridized carbons (Fsp3) is 0.500. The van der Waals surface area contributed by atoms with Gasteiger partial charge in [-0.3, -0.25) is 9.69 Å².